The molecule has 4 nitrogen and oxygen atoms in total. The summed E-state index contributed by atoms with van der Waals surface area (Å²) in [6.45, 7) is 2.53. The van der Waals surface area contributed by atoms with Crippen LogP contribution in [0.2, 0.25) is 5.02 Å². The number of carbonyl (C=O) groups is 2. The third-order valence-electron chi connectivity index (χ3n) is 3.86. The molecule has 0 saturated carbocycles. The molecule has 0 bridgehead atoms. The van der Waals surface area contributed by atoms with Crippen LogP contribution in [0.4, 0.5) is 0 Å². The van der Waals surface area contributed by atoms with Crippen molar-refractivity contribution >= 4 is 23.4 Å². The summed E-state index contributed by atoms with van der Waals surface area (Å²) >= 11 is 5.78. The topological polar surface area (TPSA) is 52.6 Å². The minimum atomic E-state index is -0.540. The average Bonchev–Trinajstić information content (AvgIpc) is 2.66. The van der Waals surface area contributed by atoms with Crippen LogP contribution in [-0.2, 0) is 4.74 Å². The maximum absolute atomic E-state index is 12.0. The van der Waals surface area contributed by atoms with Gasteiger partial charge in [-0.3, -0.25) is 4.79 Å². The smallest absolute Gasteiger partial charge is 0.338 e. The Balaban J connectivity index is 1.78. The van der Waals surface area contributed by atoms with Crippen LogP contribution in [0.25, 0.3) is 0 Å². The first-order valence-electron chi connectivity index (χ1n) is 8.79. The molecule has 0 heterocycles. The number of hydrogen-bond acceptors (Lipinski definition) is 4. The van der Waals surface area contributed by atoms with Crippen molar-refractivity contribution in [2.75, 3.05) is 13.2 Å². The molecular formula is C21H23ClO4. The van der Waals surface area contributed by atoms with Crippen LogP contribution >= 0.6 is 11.6 Å². The SMILES string of the molecule is CCCCCCOc1ccc(C(=O)OCC(=O)c2ccc(Cl)cc2)cc1. The lowest BCUT2D eigenvalue weighted by molar-refractivity contribution is 0.0474. The second-order valence-corrected chi connectivity index (χ2v) is 6.38. The molecule has 0 aliphatic heterocycles. The molecule has 2 rings (SSSR count). The number of Topliss-reactive ketones (excluding diaryl/α,β-unsaturated/α-hetero) is 1. The summed E-state index contributed by atoms with van der Waals surface area (Å²) in [5.74, 6) is -0.0980. The van der Waals surface area contributed by atoms with Gasteiger partial charge in [0.25, 0.3) is 0 Å². The van der Waals surface area contributed by atoms with Gasteiger partial charge in [0.1, 0.15) is 5.75 Å². The van der Waals surface area contributed by atoms with Crippen molar-refractivity contribution in [1.82, 2.24) is 0 Å². The van der Waals surface area contributed by atoms with Gasteiger partial charge < -0.3 is 9.47 Å². The molecule has 0 radical (unpaired) electrons. The molecule has 0 unspecified atom stereocenters. The second kappa shape index (κ2) is 10.6. The Morgan fingerprint density at radius 3 is 2.19 bits per heavy atom. The molecule has 0 spiro atoms. The molecule has 0 atom stereocenters. The Hall–Kier alpha value is -2.33. The Kier molecular flexibility index (Phi) is 8.16. The molecule has 138 valence electrons. The Labute approximate surface area is 159 Å². The first-order chi connectivity index (χ1) is 12.6. The monoisotopic (exact) mass is 374 g/mol. The summed E-state index contributed by atoms with van der Waals surface area (Å²) in [6.07, 6.45) is 4.58. The summed E-state index contributed by atoms with van der Waals surface area (Å²) in [5, 5.41) is 0.547. The van der Waals surface area contributed by atoms with E-state index in [1.54, 1.807) is 48.5 Å². The molecule has 26 heavy (non-hydrogen) atoms. The lowest BCUT2D eigenvalue weighted by Gasteiger charge is -2.07. The normalized spacial score (nSPS) is 10.4. The van der Waals surface area contributed by atoms with Crippen molar-refractivity contribution in [3.05, 3.63) is 64.7 Å². The molecule has 0 aliphatic rings. The standard InChI is InChI=1S/C21H23ClO4/c1-2-3-4-5-14-25-19-12-8-17(9-13-19)21(24)26-15-20(23)16-6-10-18(22)11-7-16/h6-13H,2-5,14-15H2,1H3. The van der Waals surface area contributed by atoms with E-state index in [2.05, 4.69) is 6.92 Å². The van der Waals surface area contributed by atoms with Crippen LogP contribution in [0, 0.1) is 0 Å². The summed E-state index contributed by atoms with van der Waals surface area (Å²) in [5.41, 5.74) is 0.835. The van der Waals surface area contributed by atoms with Crippen LogP contribution in [0.15, 0.2) is 48.5 Å². The predicted octanol–water partition coefficient (Wildman–Crippen LogP) is 5.34. The fourth-order valence-corrected chi connectivity index (χ4v) is 2.47. The van der Waals surface area contributed by atoms with Crippen molar-refractivity contribution in [1.29, 1.82) is 0 Å². The largest absolute Gasteiger partial charge is 0.494 e. The quantitative estimate of drug-likeness (QED) is 0.320. The number of unbranched alkanes of at least 4 members (excludes halogenated alkanes) is 3. The number of ether oxygens (including phenoxy) is 2. The van der Waals surface area contributed by atoms with Crippen molar-refractivity contribution in [3.63, 3.8) is 0 Å². The molecule has 0 aromatic heterocycles. The van der Waals surface area contributed by atoms with Crippen molar-refractivity contribution in [3.8, 4) is 5.75 Å². The summed E-state index contributed by atoms with van der Waals surface area (Å²) in [7, 11) is 0. The highest BCUT2D eigenvalue weighted by molar-refractivity contribution is 6.30. The minimum Gasteiger partial charge on any atom is -0.494 e. The van der Waals surface area contributed by atoms with Crippen LogP contribution in [0.1, 0.15) is 53.3 Å². The maximum atomic E-state index is 12.0. The van der Waals surface area contributed by atoms with E-state index in [-0.39, 0.29) is 12.4 Å². The van der Waals surface area contributed by atoms with Gasteiger partial charge in [0, 0.05) is 10.6 Å². The van der Waals surface area contributed by atoms with Crippen LogP contribution in [0.5, 0.6) is 5.75 Å². The van der Waals surface area contributed by atoms with E-state index >= 15 is 0 Å². The van der Waals surface area contributed by atoms with E-state index in [1.807, 2.05) is 0 Å². The summed E-state index contributed by atoms with van der Waals surface area (Å²) < 4.78 is 10.7. The van der Waals surface area contributed by atoms with Gasteiger partial charge in [-0.25, -0.2) is 4.79 Å². The van der Waals surface area contributed by atoms with Gasteiger partial charge in [-0.1, -0.05) is 37.8 Å². The van der Waals surface area contributed by atoms with Gasteiger partial charge in [0.15, 0.2) is 12.4 Å². The van der Waals surface area contributed by atoms with E-state index in [4.69, 9.17) is 21.1 Å². The molecule has 0 aliphatic carbocycles. The van der Waals surface area contributed by atoms with Gasteiger partial charge in [0.2, 0.25) is 0 Å². The number of halogens is 1. The van der Waals surface area contributed by atoms with Crippen LogP contribution in [0.3, 0.4) is 0 Å². The van der Waals surface area contributed by atoms with Gasteiger partial charge >= 0.3 is 5.97 Å². The second-order valence-electron chi connectivity index (χ2n) is 5.94. The maximum Gasteiger partial charge on any atom is 0.338 e. The molecule has 5 heteroatoms. The van der Waals surface area contributed by atoms with E-state index in [1.165, 1.54) is 12.8 Å². The third kappa shape index (κ3) is 6.52. The fraction of sp³-hybridized carbons (Fsp3) is 0.333. The van der Waals surface area contributed by atoms with Gasteiger partial charge in [0.05, 0.1) is 12.2 Å². The van der Waals surface area contributed by atoms with Crippen LogP contribution < -0.4 is 4.74 Å². The lowest BCUT2D eigenvalue weighted by atomic mass is 10.1. The Morgan fingerprint density at radius 2 is 1.54 bits per heavy atom. The average molecular weight is 375 g/mol. The third-order valence-corrected chi connectivity index (χ3v) is 4.11. The van der Waals surface area contributed by atoms with Crippen LogP contribution in [-0.4, -0.2) is 25.0 Å². The van der Waals surface area contributed by atoms with Gasteiger partial charge in [-0.15, -0.1) is 0 Å². The number of hydrogen-bond donors (Lipinski definition) is 0. The Morgan fingerprint density at radius 1 is 0.885 bits per heavy atom. The van der Waals surface area contributed by atoms with Gasteiger partial charge in [-0.2, -0.15) is 0 Å². The van der Waals surface area contributed by atoms with Crippen molar-refractivity contribution in [2.45, 2.75) is 32.6 Å². The molecule has 0 N–H and O–H groups in total. The van der Waals surface area contributed by atoms with E-state index in [0.717, 1.165) is 18.6 Å². The van der Waals surface area contributed by atoms with Gasteiger partial charge in [-0.05, 0) is 55.0 Å². The van der Waals surface area contributed by atoms with Crippen molar-refractivity contribution < 1.29 is 19.1 Å². The summed E-state index contributed by atoms with van der Waals surface area (Å²) in [6, 6.07) is 13.2. The number of ketones is 1. The molecule has 2 aromatic rings. The zero-order valence-corrected chi connectivity index (χ0v) is 15.6. The number of esters is 1. The molecule has 0 fully saturated rings. The summed E-state index contributed by atoms with van der Waals surface area (Å²) in [4.78, 5) is 24.0. The number of carbonyl (C=O) groups excluding carboxylic acids is 2. The zero-order valence-electron chi connectivity index (χ0n) is 14.9. The molecule has 2 aromatic carbocycles. The zero-order chi connectivity index (χ0) is 18.8. The molecule has 0 saturated heterocycles. The Bertz CT molecular complexity index is 708. The first-order valence-corrected chi connectivity index (χ1v) is 9.16. The highest BCUT2D eigenvalue weighted by Gasteiger charge is 2.12. The van der Waals surface area contributed by atoms with E-state index < -0.39 is 5.97 Å². The number of rotatable bonds is 10. The molecule has 0 amide bonds. The number of benzene rings is 2. The molecular weight excluding hydrogens is 352 g/mol. The highest BCUT2D eigenvalue weighted by atomic mass is 35.5. The fourth-order valence-electron chi connectivity index (χ4n) is 2.34. The van der Waals surface area contributed by atoms with E-state index in [0.29, 0.717) is 22.8 Å². The van der Waals surface area contributed by atoms with Crippen molar-refractivity contribution in [2.24, 2.45) is 0 Å². The minimum absolute atomic E-state index is 0.276. The highest BCUT2D eigenvalue weighted by Crippen LogP contribution is 2.14. The van der Waals surface area contributed by atoms with E-state index in [9.17, 15) is 9.59 Å². The lowest BCUT2D eigenvalue weighted by Crippen LogP contribution is -2.14. The first kappa shape index (κ1) is 20.0. The predicted molar refractivity (Wildman–Crippen MR) is 102 cm³/mol.